The molecule has 112 valence electrons. The molecule has 5 nitrogen and oxygen atoms in total. The smallest absolute Gasteiger partial charge is 0.382 e. The summed E-state index contributed by atoms with van der Waals surface area (Å²) in [4.78, 5) is 23.9. The zero-order chi connectivity index (χ0) is 15.7. The molecule has 0 radical (unpaired) electrons. The Labute approximate surface area is 113 Å². The summed E-state index contributed by atoms with van der Waals surface area (Å²) < 4.78 is 38.0. The monoisotopic (exact) mass is 292 g/mol. The number of hydrogen-bond acceptors (Lipinski definition) is 3. The number of rotatable bonds is 4. The van der Waals surface area contributed by atoms with Crippen molar-refractivity contribution in [2.45, 2.75) is 19.2 Å². The second kappa shape index (κ2) is 5.66. The van der Waals surface area contributed by atoms with Crippen LogP contribution in [0.5, 0.6) is 0 Å². The van der Waals surface area contributed by atoms with Gasteiger partial charge in [0.25, 0.3) is 5.91 Å². The van der Waals surface area contributed by atoms with Gasteiger partial charge in [0.05, 0.1) is 6.54 Å². The van der Waals surface area contributed by atoms with Gasteiger partial charge in [0.1, 0.15) is 5.69 Å². The molecule has 0 fully saturated rings. The number of aryl methyl sites for hydroxylation is 1. The van der Waals surface area contributed by atoms with Crippen LogP contribution in [0.1, 0.15) is 27.8 Å². The number of Topliss-reactive ketones (excluding diaryl/α,β-unsaturated/α-hetero) is 1. The summed E-state index contributed by atoms with van der Waals surface area (Å²) in [5, 5.41) is 8.93. The molecule has 1 unspecified atom stereocenters. The van der Waals surface area contributed by atoms with E-state index in [4.69, 9.17) is 5.11 Å². The van der Waals surface area contributed by atoms with Gasteiger partial charge in [-0.2, -0.15) is 13.2 Å². The van der Waals surface area contributed by atoms with Crippen LogP contribution < -0.4 is 0 Å². The second-order valence-corrected chi connectivity index (χ2v) is 4.52. The molecule has 0 aromatic carbocycles. The summed E-state index contributed by atoms with van der Waals surface area (Å²) in [5.74, 6) is -0.957. The lowest BCUT2D eigenvalue weighted by Gasteiger charge is -2.22. The Kier molecular flexibility index (Phi) is 4.59. The Morgan fingerprint density at radius 3 is 2.40 bits per heavy atom. The Morgan fingerprint density at radius 1 is 1.45 bits per heavy atom. The minimum atomic E-state index is -4.78. The molecule has 0 spiro atoms. The van der Waals surface area contributed by atoms with Gasteiger partial charge in [-0.25, -0.2) is 0 Å². The highest BCUT2D eigenvalue weighted by Gasteiger charge is 2.39. The molecule has 1 heterocycles. The fraction of sp³-hybridized carbons (Fsp3) is 0.500. The normalized spacial score (nSPS) is 13.2. The van der Waals surface area contributed by atoms with Gasteiger partial charge < -0.3 is 14.6 Å². The molecular formula is C12H15F3N2O3. The number of nitrogens with zero attached hydrogens (tertiary/aromatic N) is 2. The molecule has 1 N–H and O–H groups in total. The Bertz CT molecular complexity index is 523. The maximum absolute atomic E-state index is 12.2. The minimum Gasteiger partial charge on any atom is -0.382 e. The first-order valence-corrected chi connectivity index (χ1v) is 5.71. The number of alkyl halides is 3. The van der Waals surface area contributed by atoms with Crippen LogP contribution in [0.15, 0.2) is 12.3 Å². The maximum Gasteiger partial charge on any atom is 0.416 e. The van der Waals surface area contributed by atoms with Gasteiger partial charge in [0, 0.05) is 25.9 Å². The van der Waals surface area contributed by atoms with E-state index >= 15 is 0 Å². The lowest BCUT2D eigenvalue weighted by atomic mass is 10.2. The summed E-state index contributed by atoms with van der Waals surface area (Å²) in [6.07, 6.45) is -5.97. The van der Waals surface area contributed by atoms with Crippen molar-refractivity contribution in [3.8, 4) is 0 Å². The van der Waals surface area contributed by atoms with Gasteiger partial charge in [-0.05, 0) is 13.0 Å². The number of likely N-dealkylation sites (N-methyl/N-ethyl adjacent to an activating group) is 1. The Hall–Kier alpha value is -1.83. The van der Waals surface area contributed by atoms with E-state index in [0.29, 0.717) is 5.56 Å². The van der Waals surface area contributed by atoms with E-state index in [1.165, 1.54) is 30.8 Å². The van der Waals surface area contributed by atoms with Gasteiger partial charge in [-0.15, -0.1) is 0 Å². The lowest BCUT2D eigenvalue weighted by Crippen LogP contribution is -2.42. The average molecular weight is 292 g/mol. The molecule has 0 saturated heterocycles. The van der Waals surface area contributed by atoms with Crippen LogP contribution in [-0.4, -0.2) is 52.1 Å². The number of halogens is 3. The van der Waals surface area contributed by atoms with Crippen molar-refractivity contribution >= 4 is 11.7 Å². The van der Waals surface area contributed by atoms with Crippen molar-refractivity contribution in [1.82, 2.24) is 9.47 Å². The number of carbonyl (C=O) groups excluding carboxylic acids is 2. The summed E-state index contributed by atoms with van der Waals surface area (Å²) >= 11 is 0. The van der Waals surface area contributed by atoms with Gasteiger partial charge in [0.2, 0.25) is 0 Å². The van der Waals surface area contributed by atoms with E-state index in [2.05, 4.69) is 0 Å². The largest absolute Gasteiger partial charge is 0.416 e. The van der Waals surface area contributed by atoms with E-state index in [0.717, 1.165) is 11.9 Å². The number of aromatic nitrogens is 1. The van der Waals surface area contributed by atoms with Crippen LogP contribution in [0.3, 0.4) is 0 Å². The molecule has 1 rings (SSSR count). The molecule has 1 aromatic heterocycles. The standard InChI is InChI=1S/C12H15F3N2O3/c1-7(18)8-4-9(16(2)5-8)11(20)17(3)6-10(19)12(13,14)15/h4-5,10,19H,6H2,1-3H3. The molecule has 20 heavy (non-hydrogen) atoms. The van der Waals surface area contributed by atoms with Crippen molar-refractivity contribution in [2.75, 3.05) is 13.6 Å². The minimum absolute atomic E-state index is 0.0760. The van der Waals surface area contributed by atoms with E-state index < -0.39 is 24.7 Å². The SMILES string of the molecule is CC(=O)c1cc(C(=O)N(C)CC(O)C(F)(F)F)n(C)c1. The second-order valence-electron chi connectivity index (χ2n) is 4.52. The van der Waals surface area contributed by atoms with Crippen LogP contribution in [-0.2, 0) is 7.05 Å². The third kappa shape index (κ3) is 3.60. The Balaban J connectivity index is 2.87. The molecule has 1 atom stereocenters. The summed E-state index contributed by atoms with van der Waals surface area (Å²) in [5.41, 5.74) is 0.368. The number of ketones is 1. The van der Waals surface area contributed by atoms with Crippen molar-refractivity contribution in [3.63, 3.8) is 0 Å². The maximum atomic E-state index is 12.2. The third-order valence-corrected chi connectivity index (χ3v) is 2.80. The van der Waals surface area contributed by atoms with Gasteiger partial charge in [0.15, 0.2) is 11.9 Å². The summed E-state index contributed by atoms with van der Waals surface area (Å²) in [6, 6.07) is 1.31. The molecular weight excluding hydrogens is 277 g/mol. The quantitative estimate of drug-likeness (QED) is 0.849. The van der Waals surface area contributed by atoms with Crippen molar-refractivity contribution < 1.29 is 27.9 Å². The zero-order valence-electron chi connectivity index (χ0n) is 11.2. The summed E-state index contributed by atoms with van der Waals surface area (Å²) in [7, 11) is 2.66. The number of amides is 1. The molecule has 1 amide bonds. The first-order valence-electron chi connectivity index (χ1n) is 5.71. The van der Waals surface area contributed by atoms with E-state index in [1.807, 2.05) is 0 Å². The zero-order valence-corrected chi connectivity index (χ0v) is 11.2. The fourth-order valence-corrected chi connectivity index (χ4v) is 1.61. The first-order chi connectivity index (χ1) is 9.04. The molecule has 0 saturated carbocycles. The highest BCUT2D eigenvalue weighted by atomic mass is 19.4. The van der Waals surface area contributed by atoms with Crippen molar-refractivity contribution in [3.05, 3.63) is 23.5 Å². The summed E-state index contributed by atoms with van der Waals surface area (Å²) in [6.45, 7) is 0.448. The highest BCUT2D eigenvalue weighted by molar-refractivity contribution is 5.99. The van der Waals surface area contributed by atoms with Gasteiger partial charge in [-0.3, -0.25) is 9.59 Å². The van der Waals surface area contributed by atoms with Crippen LogP contribution in [0.2, 0.25) is 0 Å². The predicted molar refractivity (Wildman–Crippen MR) is 64.4 cm³/mol. The predicted octanol–water partition coefficient (Wildman–Crippen LogP) is 1.22. The molecule has 0 bridgehead atoms. The van der Waals surface area contributed by atoms with Crippen LogP contribution >= 0.6 is 0 Å². The fourth-order valence-electron chi connectivity index (χ4n) is 1.61. The van der Waals surface area contributed by atoms with Crippen LogP contribution in [0.4, 0.5) is 13.2 Å². The topological polar surface area (TPSA) is 62.5 Å². The van der Waals surface area contributed by atoms with E-state index in [9.17, 15) is 22.8 Å². The van der Waals surface area contributed by atoms with Crippen LogP contribution in [0, 0.1) is 0 Å². The van der Waals surface area contributed by atoms with Gasteiger partial charge >= 0.3 is 6.18 Å². The van der Waals surface area contributed by atoms with Gasteiger partial charge in [-0.1, -0.05) is 0 Å². The van der Waals surface area contributed by atoms with Crippen molar-refractivity contribution in [2.24, 2.45) is 7.05 Å². The molecule has 0 aliphatic heterocycles. The van der Waals surface area contributed by atoms with E-state index in [1.54, 1.807) is 0 Å². The molecule has 8 heteroatoms. The molecule has 1 aromatic rings. The van der Waals surface area contributed by atoms with Crippen molar-refractivity contribution in [1.29, 1.82) is 0 Å². The third-order valence-electron chi connectivity index (χ3n) is 2.80. The Morgan fingerprint density at radius 2 is 2.00 bits per heavy atom. The number of aliphatic hydroxyl groups excluding tert-OH is 1. The highest BCUT2D eigenvalue weighted by Crippen LogP contribution is 2.21. The molecule has 0 aliphatic rings. The lowest BCUT2D eigenvalue weighted by molar-refractivity contribution is -0.205. The first kappa shape index (κ1) is 16.2. The van der Waals surface area contributed by atoms with E-state index in [-0.39, 0.29) is 11.5 Å². The number of carbonyl (C=O) groups is 2. The number of aliphatic hydroxyl groups is 1. The average Bonchev–Trinajstić information content (AvgIpc) is 2.69. The number of hydrogen-bond donors (Lipinski definition) is 1. The molecule has 0 aliphatic carbocycles. The van der Waals surface area contributed by atoms with Crippen LogP contribution in [0.25, 0.3) is 0 Å².